The second-order valence-electron chi connectivity index (χ2n) is 4.37. The van der Waals surface area contributed by atoms with Crippen molar-refractivity contribution in [3.8, 4) is 0 Å². The molecule has 1 aromatic rings. The van der Waals surface area contributed by atoms with Crippen LogP contribution in [-0.4, -0.2) is 46.5 Å². The van der Waals surface area contributed by atoms with Gasteiger partial charge in [-0.2, -0.15) is 5.10 Å². The number of aromatic nitrogens is 2. The number of carboxylic acid groups (broad SMARTS) is 1. The van der Waals surface area contributed by atoms with Crippen LogP contribution in [0.5, 0.6) is 0 Å². The van der Waals surface area contributed by atoms with Gasteiger partial charge in [0.25, 0.3) is 0 Å². The van der Waals surface area contributed by atoms with Crippen LogP contribution >= 0.6 is 0 Å². The Morgan fingerprint density at radius 3 is 2.68 bits per heavy atom. The maximum absolute atomic E-state index is 11.9. The molecule has 3 N–H and O–H groups in total. The minimum Gasteiger partial charge on any atom is -0.480 e. The van der Waals surface area contributed by atoms with E-state index in [2.05, 4.69) is 9.82 Å². The molecule has 108 valence electrons. The maximum atomic E-state index is 11.9. The minimum absolute atomic E-state index is 0.105. The van der Waals surface area contributed by atoms with Crippen molar-refractivity contribution >= 4 is 16.0 Å². The number of hydrogen-bond donors (Lipinski definition) is 3. The normalized spacial score (nSPS) is 15.1. The lowest BCUT2D eigenvalue weighted by Crippen LogP contribution is -2.34. The molecule has 0 aromatic carbocycles. The van der Waals surface area contributed by atoms with Crippen molar-refractivity contribution in [2.75, 3.05) is 0 Å². The topological polar surface area (TPSA) is 122 Å². The monoisotopic (exact) mass is 291 g/mol. The van der Waals surface area contributed by atoms with E-state index in [4.69, 9.17) is 5.11 Å². The van der Waals surface area contributed by atoms with Gasteiger partial charge in [0.05, 0.1) is 12.3 Å². The third-order valence-corrected chi connectivity index (χ3v) is 3.81. The fourth-order valence-electron chi connectivity index (χ4n) is 1.60. The first kappa shape index (κ1) is 15.6. The van der Waals surface area contributed by atoms with Crippen LogP contribution in [0.4, 0.5) is 0 Å². The molecule has 0 aliphatic rings. The fraction of sp³-hybridized carbons (Fsp3) is 0.600. The molecule has 0 amide bonds. The van der Waals surface area contributed by atoms with Crippen LogP contribution < -0.4 is 4.72 Å². The van der Waals surface area contributed by atoms with E-state index in [1.807, 2.05) is 0 Å². The van der Waals surface area contributed by atoms with Crippen molar-refractivity contribution in [2.45, 2.75) is 43.9 Å². The number of hydrogen-bond acceptors (Lipinski definition) is 5. The SMILES string of the molecule is CC(O)CC(C)NS(=O)(=O)c1cnn(CC(=O)O)c1. The summed E-state index contributed by atoms with van der Waals surface area (Å²) in [5.74, 6) is -1.11. The van der Waals surface area contributed by atoms with Crippen LogP contribution in [0.2, 0.25) is 0 Å². The Balaban J connectivity index is 2.77. The van der Waals surface area contributed by atoms with E-state index in [0.717, 1.165) is 17.1 Å². The highest BCUT2D eigenvalue weighted by molar-refractivity contribution is 7.89. The number of aliphatic hydroxyl groups is 1. The van der Waals surface area contributed by atoms with Crippen LogP contribution in [-0.2, 0) is 21.4 Å². The standard InChI is InChI=1S/C10H17N3O5S/c1-7(3-8(2)14)12-19(17,18)9-4-11-13(5-9)6-10(15)16/h4-5,7-8,12,14H,3,6H2,1-2H3,(H,15,16). The Kier molecular flexibility index (Phi) is 5.04. The quantitative estimate of drug-likeness (QED) is 0.617. The number of nitrogens with zero attached hydrogens (tertiary/aromatic N) is 2. The summed E-state index contributed by atoms with van der Waals surface area (Å²) in [6.07, 6.45) is 1.89. The molecule has 2 unspecified atom stereocenters. The summed E-state index contributed by atoms with van der Waals surface area (Å²) in [5, 5.41) is 21.4. The van der Waals surface area contributed by atoms with Gasteiger partial charge in [0, 0.05) is 12.2 Å². The van der Waals surface area contributed by atoms with Gasteiger partial charge in [0.1, 0.15) is 11.4 Å². The van der Waals surface area contributed by atoms with Crippen LogP contribution in [0.1, 0.15) is 20.3 Å². The van der Waals surface area contributed by atoms with Crippen molar-refractivity contribution in [1.82, 2.24) is 14.5 Å². The van der Waals surface area contributed by atoms with E-state index >= 15 is 0 Å². The van der Waals surface area contributed by atoms with E-state index in [1.165, 1.54) is 0 Å². The molecule has 0 saturated carbocycles. The molecular weight excluding hydrogens is 274 g/mol. The Morgan fingerprint density at radius 2 is 2.16 bits per heavy atom. The van der Waals surface area contributed by atoms with Gasteiger partial charge < -0.3 is 10.2 Å². The van der Waals surface area contributed by atoms with Crippen molar-refractivity contribution in [1.29, 1.82) is 0 Å². The number of nitrogens with one attached hydrogen (secondary N) is 1. The Labute approximate surface area is 111 Å². The van der Waals surface area contributed by atoms with Gasteiger partial charge in [-0.25, -0.2) is 13.1 Å². The zero-order chi connectivity index (χ0) is 14.6. The van der Waals surface area contributed by atoms with Crippen LogP contribution in [0.15, 0.2) is 17.3 Å². The van der Waals surface area contributed by atoms with Crippen molar-refractivity contribution in [2.24, 2.45) is 0 Å². The van der Waals surface area contributed by atoms with Gasteiger partial charge in [-0.15, -0.1) is 0 Å². The summed E-state index contributed by atoms with van der Waals surface area (Å²) in [6, 6.07) is -0.437. The third-order valence-electron chi connectivity index (χ3n) is 2.27. The van der Waals surface area contributed by atoms with E-state index in [1.54, 1.807) is 13.8 Å². The molecule has 2 atom stereocenters. The summed E-state index contributed by atoms with van der Waals surface area (Å²) < 4.78 is 27.3. The molecule has 0 aliphatic heterocycles. The molecule has 8 nitrogen and oxygen atoms in total. The van der Waals surface area contributed by atoms with Gasteiger partial charge in [-0.1, -0.05) is 0 Å². The molecule has 1 rings (SSSR count). The second kappa shape index (κ2) is 6.13. The molecule has 19 heavy (non-hydrogen) atoms. The summed E-state index contributed by atoms with van der Waals surface area (Å²) in [5.41, 5.74) is 0. The lowest BCUT2D eigenvalue weighted by molar-refractivity contribution is -0.137. The molecule has 1 aromatic heterocycles. The average Bonchev–Trinajstić information content (AvgIpc) is 2.62. The summed E-state index contributed by atoms with van der Waals surface area (Å²) in [7, 11) is -3.76. The number of aliphatic carboxylic acids is 1. The largest absolute Gasteiger partial charge is 0.480 e. The van der Waals surface area contributed by atoms with Crippen molar-refractivity contribution in [3.05, 3.63) is 12.4 Å². The summed E-state index contributed by atoms with van der Waals surface area (Å²) >= 11 is 0. The molecule has 0 aliphatic carbocycles. The van der Waals surface area contributed by atoms with Crippen molar-refractivity contribution in [3.63, 3.8) is 0 Å². The first-order valence-electron chi connectivity index (χ1n) is 5.65. The lowest BCUT2D eigenvalue weighted by atomic mass is 10.2. The number of carboxylic acids is 1. The van der Waals surface area contributed by atoms with Gasteiger partial charge in [0.15, 0.2) is 0 Å². The van der Waals surface area contributed by atoms with Gasteiger partial charge in [0.2, 0.25) is 10.0 Å². The van der Waals surface area contributed by atoms with Gasteiger partial charge in [-0.3, -0.25) is 9.48 Å². The minimum atomic E-state index is -3.76. The highest BCUT2D eigenvalue weighted by Crippen LogP contribution is 2.09. The molecule has 0 fully saturated rings. The first-order valence-corrected chi connectivity index (χ1v) is 7.13. The van der Waals surface area contributed by atoms with Crippen LogP contribution in [0, 0.1) is 0 Å². The van der Waals surface area contributed by atoms with E-state index in [9.17, 15) is 18.3 Å². The van der Waals surface area contributed by atoms with Crippen LogP contribution in [0.3, 0.4) is 0 Å². The van der Waals surface area contributed by atoms with Gasteiger partial charge in [-0.05, 0) is 20.3 Å². The zero-order valence-electron chi connectivity index (χ0n) is 10.6. The van der Waals surface area contributed by atoms with E-state index in [-0.39, 0.29) is 11.3 Å². The number of sulfonamides is 1. The van der Waals surface area contributed by atoms with Crippen molar-refractivity contribution < 1.29 is 23.4 Å². The molecule has 0 spiro atoms. The Hall–Kier alpha value is -1.45. The molecule has 9 heteroatoms. The smallest absolute Gasteiger partial charge is 0.325 e. The van der Waals surface area contributed by atoms with E-state index < -0.39 is 34.7 Å². The number of carbonyl (C=O) groups is 1. The molecular formula is C10H17N3O5S. The molecule has 1 heterocycles. The van der Waals surface area contributed by atoms with Crippen LogP contribution in [0.25, 0.3) is 0 Å². The Bertz CT molecular complexity index is 537. The summed E-state index contributed by atoms with van der Waals surface area (Å²) in [6.45, 7) is 2.79. The predicted molar refractivity (Wildman–Crippen MR) is 65.9 cm³/mol. The maximum Gasteiger partial charge on any atom is 0.325 e. The molecule has 0 saturated heterocycles. The highest BCUT2D eigenvalue weighted by Gasteiger charge is 2.20. The second-order valence-corrected chi connectivity index (χ2v) is 6.09. The fourth-order valence-corrected chi connectivity index (χ4v) is 2.81. The third kappa shape index (κ3) is 4.97. The predicted octanol–water partition coefficient (Wildman–Crippen LogP) is -0.595. The lowest BCUT2D eigenvalue weighted by Gasteiger charge is -2.14. The molecule has 0 radical (unpaired) electrons. The average molecular weight is 291 g/mol. The molecule has 0 bridgehead atoms. The Morgan fingerprint density at radius 1 is 1.53 bits per heavy atom. The zero-order valence-corrected chi connectivity index (χ0v) is 11.5. The summed E-state index contributed by atoms with van der Waals surface area (Å²) in [4.78, 5) is 10.4. The van der Waals surface area contributed by atoms with E-state index in [0.29, 0.717) is 0 Å². The highest BCUT2D eigenvalue weighted by atomic mass is 32.2. The first-order chi connectivity index (χ1) is 8.70. The number of aliphatic hydroxyl groups excluding tert-OH is 1. The number of rotatable bonds is 7. The van der Waals surface area contributed by atoms with Gasteiger partial charge >= 0.3 is 5.97 Å².